The molecule has 0 aromatic carbocycles. The number of allylic oxidation sites excluding steroid dienone is 10. The second-order valence-corrected chi connectivity index (χ2v) is 5.01. The van der Waals surface area contributed by atoms with Gasteiger partial charge >= 0.3 is 0 Å². The van der Waals surface area contributed by atoms with Gasteiger partial charge in [0.05, 0.1) is 0 Å². The second kappa shape index (κ2) is 4.38. The van der Waals surface area contributed by atoms with Crippen molar-refractivity contribution in [3.05, 3.63) is 57.2 Å². The van der Waals surface area contributed by atoms with E-state index in [0.717, 1.165) is 27.6 Å². The monoisotopic (exact) mass is 276 g/mol. The fourth-order valence-corrected chi connectivity index (χ4v) is 2.17. The standard InChI is InChI=1S/C14H13BrO/c1-9-7-12(8-10(2)14(9)16)11-3-5-13(15)6-4-11/h3,5-8H,4H2,1-2H3. The van der Waals surface area contributed by atoms with Crippen molar-refractivity contribution in [2.45, 2.75) is 20.3 Å². The molecule has 0 N–H and O–H groups in total. The van der Waals surface area contributed by atoms with Gasteiger partial charge in [0.2, 0.25) is 0 Å². The summed E-state index contributed by atoms with van der Waals surface area (Å²) in [5.74, 6) is 0.154. The third kappa shape index (κ3) is 2.17. The van der Waals surface area contributed by atoms with Gasteiger partial charge in [-0.2, -0.15) is 0 Å². The molecule has 0 saturated carbocycles. The van der Waals surface area contributed by atoms with Crippen molar-refractivity contribution >= 4 is 21.7 Å². The summed E-state index contributed by atoms with van der Waals surface area (Å²) in [7, 11) is 0. The highest BCUT2D eigenvalue weighted by Gasteiger charge is 2.14. The summed E-state index contributed by atoms with van der Waals surface area (Å²) in [4.78, 5) is 11.6. The Balaban J connectivity index is 2.40. The molecule has 1 nitrogen and oxygen atoms in total. The maximum atomic E-state index is 11.6. The van der Waals surface area contributed by atoms with Crippen LogP contribution in [0.25, 0.3) is 0 Å². The summed E-state index contributed by atoms with van der Waals surface area (Å²) in [6.45, 7) is 3.75. The molecule has 2 rings (SSSR count). The molecule has 0 heterocycles. The van der Waals surface area contributed by atoms with Crippen molar-refractivity contribution < 1.29 is 4.79 Å². The van der Waals surface area contributed by atoms with Crippen LogP contribution in [0, 0.1) is 0 Å². The van der Waals surface area contributed by atoms with Crippen molar-refractivity contribution in [1.29, 1.82) is 0 Å². The number of hydrogen-bond acceptors (Lipinski definition) is 1. The van der Waals surface area contributed by atoms with Crippen LogP contribution in [0.5, 0.6) is 0 Å². The molecule has 0 bridgehead atoms. The summed E-state index contributed by atoms with van der Waals surface area (Å²) in [6.07, 6.45) is 11.1. The Bertz CT molecular complexity index is 475. The predicted octanol–water partition coefficient (Wildman–Crippen LogP) is 4.00. The predicted molar refractivity (Wildman–Crippen MR) is 70.3 cm³/mol. The molecular weight excluding hydrogens is 264 g/mol. The van der Waals surface area contributed by atoms with E-state index in [4.69, 9.17) is 0 Å². The van der Waals surface area contributed by atoms with Gasteiger partial charge in [-0.15, -0.1) is 0 Å². The number of ketones is 1. The van der Waals surface area contributed by atoms with Crippen LogP contribution in [0.15, 0.2) is 57.2 Å². The highest BCUT2D eigenvalue weighted by atomic mass is 79.9. The zero-order valence-corrected chi connectivity index (χ0v) is 11.0. The Morgan fingerprint density at radius 2 is 1.75 bits per heavy atom. The van der Waals surface area contributed by atoms with Gasteiger partial charge in [-0.3, -0.25) is 4.79 Å². The van der Waals surface area contributed by atoms with E-state index < -0.39 is 0 Å². The molecule has 0 fully saturated rings. The van der Waals surface area contributed by atoms with Crippen LogP contribution in [0.2, 0.25) is 0 Å². The third-order valence-corrected chi connectivity index (χ3v) is 3.38. The first-order valence-electron chi connectivity index (χ1n) is 5.26. The molecule has 0 radical (unpaired) electrons. The summed E-state index contributed by atoms with van der Waals surface area (Å²) in [6, 6.07) is 0. The quantitative estimate of drug-likeness (QED) is 0.654. The van der Waals surface area contributed by atoms with Gasteiger partial charge in [0.15, 0.2) is 5.78 Å². The molecule has 16 heavy (non-hydrogen) atoms. The Hall–Kier alpha value is -1.15. The van der Waals surface area contributed by atoms with Crippen molar-refractivity contribution in [3.8, 4) is 0 Å². The fourth-order valence-electron chi connectivity index (χ4n) is 1.87. The molecule has 0 atom stereocenters. The largest absolute Gasteiger partial charge is 0.289 e. The van der Waals surface area contributed by atoms with E-state index in [9.17, 15) is 4.79 Å². The first kappa shape index (κ1) is 11.3. The lowest BCUT2D eigenvalue weighted by atomic mass is 9.91. The molecule has 0 amide bonds. The van der Waals surface area contributed by atoms with Crippen LogP contribution in [0.3, 0.4) is 0 Å². The van der Waals surface area contributed by atoms with Gasteiger partial charge in [-0.25, -0.2) is 0 Å². The molecule has 2 heteroatoms. The number of hydrogen-bond donors (Lipinski definition) is 0. The van der Waals surface area contributed by atoms with Gasteiger partial charge in [0.25, 0.3) is 0 Å². The zero-order chi connectivity index (χ0) is 11.7. The summed E-state index contributed by atoms with van der Waals surface area (Å²) in [5, 5.41) is 0. The number of carbonyl (C=O) groups excluding carboxylic acids is 1. The van der Waals surface area contributed by atoms with Gasteiger partial charge in [0.1, 0.15) is 0 Å². The number of rotatable bonds is 0. The van der Waals surface area contributed by atoms with Gasteiger partial charge in [-0.05, 0) is 60.8 Å². The number of carbonyl (C=O) groups is 1. The smallest absolute Gasteiger partial charge is 0.184 e. The normalized spacial score (nSPS) is 20.7. The van der Waals surface area contributed by atoms with E-state index >= 15 is 0 Å². The zero-order valence-electron chi connectivity index (χ0n) is 9.38. The minimum Gasteiger partial charge on any atom is -0.289 e. The highest BCUT2D eigenvalue weighted by Crippen LogP contribution is 2.27. The summed E-state index contributed by atoms with van der Waals surface area (Å²) in [5.41, 5.74) is 4.06. The third-order valence-electron chi connectivity index (χ3n) is 2.79. The van der Waals surface area contributed by atoms with Gasteiger partial charge in [-0.1, -0.05) is 28.1 Å². The van der Waals surface area contributed by atoms with Crippen molar-refractivity contribution in [3.63, 3.8) is 0 Å². The minimum absolute atomic E-state index is 0.154. The first-order valence-corrected chi connectivity index (χ1v) is 6.05. The Kier molecular flexibility index (Phi) is 3.10. The maximum Gasteiger partial charge on any atom is 0.184 e. The highest BCUT2D eigenvalue weighted by molar-refractivity contribution is 9.11. The van der Waals surface area contributed by atoms with Gasteiger partial charge in [0, 0.05) is 4.48 Å². The van der Waals surface area contributed by atoms with E-state index in [2.05, 4.69) is 28.1 Å². The molecule has 2 aliphatic carbocycles. The van der Waals surface area contributed by atoms with E-state index in [1.54, 1.807) is 0 Å². The fraction of sp³-hybridized carbons (Fsp3) is 0.214. The lowest BCUT2D eigenvalue weighted by Crippen LogP contribution is -2.07. The molecule has 0 unspecified atom stereocenters. The lowest BCUT2D eigenvalue weighted by molar-refractivity contribution is -0.112. The molecule has 0 spiro atoms. The Morgan fingerprint density at radius 3 is 2.25 bits per heavy atom. The average Bonchev–Trinajstić information content (AvgIpc) is 2.26. The van der Waals surface area contributed by atoms with Crippen LogP contribution in [0.4, 0.5) is 0 Å². The van der Waals surface area contributed by atoms with E-state index in [1.165, 1.54) is 5.57 Å². The van der Waals surface area contributed by atoms with Crippen LogP contribution in [-0.2, 0) is 4.79 Å². The van der Waals surface area contributed by atoms with E-state index in [0.29, 0.717) is 0 Å². The van der Waals surface area contributed by atoms with Gasteiger partial charge < -0.3 is 0 Å². The molecule has 0 saturated heterocycles. The van der Waals surface area contributed by atoms with E-state index in [1.807, 2.05) is 32.1 Å². The van der Waals surface area contributed by atoms with Crippen LogP contribution in [0.1, 0.15) is 20.3 Å². The van der Waals surface area contributed by atoms with E-state index in [-0.39, 0.29) is 5.78 Å². The molecule has 82 valence electrons. The maximum absolute atomic E-state index is 11.6. The van der Waals surface area contributed by atoms with Crippen LogP contribution < -0.4 is 0 Å². The number of Topliss-reactive ketones (excluding diaryl/α,β-unsaturated/α-hetero) is 1. The number of halogens is 1. The van der Waals surface area contributed by atoms with Crippen LogP contribution in [-0.4, -0.2) is 5.78 Å². The summed E-state index contributed by atoms with van der Waals surface area (Å²) >= 11 is 3.44. The SMILES string of the molecule is CC1=CC(=C2C=CC(Br)=CC2)C=C(C)C1=O. The molecule has 0 aromatic rings. The first-order chi connectivity index (χ1) is 7.58. The lowest BCUT2D eigenvalue weighted by Gasteiger charge is -2.14. The molecule has 2 aliphatic rings. The van der Waals surface area contributed by atoms with Crippen molar-refractivity contribution in [2.24, 2.45) is 0 Å². The topological polar surface area (TPSA) is 17.1 Å². The molecule has 0 aromatic heterocycles. The molecule has 0 aliphatic heterocycles. The Labute approximate surface area is 104 Å². The van der Waals surface area contributed by atoms with Crippen molar-refractivity contribution in [1.82, 2.24) is 0 Å². The Morgan fingerprint density at radius 1 is 1.12 bits per heavy atom. The van der Waals surface area contributed by atoms with Crippen LogP contribution >= 0.6 is 15.9 Å². The average molecular weight is 277 g/mol. The van der Waals surface area contributed by atoms with Crippen molar-refractivity contribution in [2.75, 3.05) is 0 Å². The molecular formula is C14H13BrO. The second-order valence-electron chi connectivity index (χ2n) is 4.09. The summed E-state index contributed by atoms with van der Waals surface area (Å²) < 4.78 is 1.12. The minimum atomic E-state index is 0.154.